The Balaban J connectivity index is 2.45. The Morgan fingerprint density at radius 2 is 2.06 bits per heavy atom. The zero-order chi connectivity index (χ0) is 13.4. The maximum atomic E-state index is 8.48. The van der Waals surface area contributed by atoms with Crippen LogP contribution in [0.5, 0.6) is 5.75 Å². The first-order valence-electron chi connectivity index (χ1n) is 6.33. The van der Waals surface area contributed by atoms with E-state index in [2.05, 4.69) is 19.0 Å². The largest absolute Gasteiger partial charge is 0.493 e. The fourth-order valence-corrected chi connectivity index (χ4v) is 1.76. The van der Waals surface area contributed by atoms with Crippen LogP contribution in [-0.2, 0) is 6.42 Å². The number of nitrogens with zero attached hydrogens (tertiary/aromatic N) is 1. The molecular formula is C14H22N2O2. The van der Waals surface area contributed by atoms with Gasteiger partial charge in [0.15, 0.2) is 0 Å². The van der Waals surface area contributed by atoms with Gasteiger partial charge in [0.05, 0.1) is 6.61 Å². The van der Waals surface area contributed by atoms with Crippen molar-refractivity contribution in [3.05, 3.63) is 29.8 Å². The Morgan fingerprint density at radius 3 is 2.61 bits per heavy atom. The number of ether oxygens (including phenoxy) is 1. The van der Waals surface area contributed by atoms with Crippen LogP contribution in [-0.4, -0.2) is 17.6 Å². The molecular weight excluding hydrogens is 228 g/mol. The third-order valence-corrected chi connectivity index (χ3v) is 2.75. The number of hydrogen-bond donors (Lipinski definition) is 2. The lowest BCUT2D eigenvalue weighted by molar-refractivity contribution is 0.251. The van der Waals surface area contributed by atoms with Gasteiger partial charge >= 0.3 is 0 Å². The lowest BCUT2D eigenvalue weighted by atomic mass is 10.1. The first-order chi connectivity index (χ1) is 8.65. The highest BCUT2D eigenvalue weighted by Crippen LogP contribution is 2.15. The third kappa shape index (κ3) is 5.08. The van der Waals surface area contributed by atoms with E-state index in [4.69, 9.17) is 15.7 Å². The van der Waals surface area contributed by atoms with Gasteiger partial charge in [0.2, 0.25) is 0 Å². The standard InChI is InChI=1S/C14H22N2O2/c1-3-4-11(2)10-18-13-7-5-12(6-8-13)9-14(15)16-17/h5-8,11,17H,3-4,9-10H2,1-2H3,(H2,15,16). The van der Waals surface area contributed by atoms with Crippen LogP contribution in [0, 0.1) is 5.92 Å². The molecule has 100 valence electrons. The number of nitrogens with two attached hydrogens (primary N) is 1. The second-order valence-corrected chi connectivity index (χ2v) is 4.62. The summed E-state index contributed by atoms with van der Waals surface area (Å²) in [4.78, 5) is 0. The molecule has 4 heteroatoms. The third-order valence-electron chi connectivity index (χ3n) is 2.75. The van der Waals surface area contributed by atoms with E-state index in [1.54, 1.807) is 0 Å². The van der Waals surface area contributed by atoms with Crippen molar-refractivity contribution < 1.29 is 9.94 Å². The Labute approximate surface area is 108 Å². The summed E-state index contributed by atoms with van der Waals surface area (Å²) in [5, 5.41) is 11.4. The summed E-state index contributed by atoms with van der Waals surface area (Å²) in [6, 6.07) is 7.69. The molecule has 4 nitrogen and oxygen atoms in total. The molecule has 1 unspecified atom stereocenters. The monoisotopic (exact) mass is 250 g/mol. The topological polar surface area (TPSA) is 67.8 Å². The molecule has 0 aliphatic rings. The van der Waals surface area contributed by atoms with Gasteiger partial charge in [-0.15, -0.1) is 0 Å². The second kappa shape index (κ2) is 7.58. The predicted molar refractivity (Wildman–Crippen MR) is 73.1 cm³/mol. The van der Waals surface area contributed by atoms with Gasteiger partial charge in [-0.05, 0) is 30.0 Å². The normalized spacial score (nSPS) is 13.3. The summed E-state index contributed by atoms with van der Waals surface area (Å²) in [6.07, 6.45) is 2.81. The Morgan fingerprint density at radius 1 is 1.39 bits per heavy atom. The van der Waals surface area contributed by atoms with Crippen LogP contribution >= 0.6 is 0 Å². The lowest BCUT2D eigenvalue weighted by Gasteiger charge is -2.12. The minimum Gasteiger partial charge on any atom is -0.493 e. The number of amidine groups is 1. The molecule has 0 radical (unpaired) electrons. The number of rotatable bonds is 7. The average molecular weight is 250 g/mol. The molecule has 0 heterocycles. The van der Waals surface area contributed by atoms with Crippen molar-refractivity contribution in [2.45, 2.75) is 33.1 Å². The van der Waals surface area contributed by atoms with Crippen molar-refractivity contribution >= 4 is 5.84 Å². The van der Waals surface area contributed by atoms with Gasteiger partial charge in [-0.1, -0.05) is 37.6 Å². The van der Waals surface area contributed by atoms with Crippen LogP contribution in [0.1, 0.15) is 32.3 Å². The van der Waals surface area contributed by atoms with Gasteiger partial charge in [-0.25, -0.2) is 0 Å². The maximum Gasteiger partial charge on any atom is 0.143 e. The molecule has 0 bridgehead atoms. The van der Waals surface area contributed by atoms with Gasteiger partial charge in [-0.3, -0.25) is 0 Å². The zero-order valence-electron chi connectivity index (χ0n) is 11.1. The van der Waals surface area contributed by atoms with Gasteiger partial charge in [-0.2, -0.15) is 0 Å². The summed E-state index contributed by atoms with van der Waals surface area (Å²) in [7, 11) is 0. The molecule has 0 aliphatic heterocycles. The van der Waals surface area contributed by atoms with Crippen molar-refractivity contribution in [3.8, 4) is 5.75 Å². The van der Waals surface area contributed by atoms with Crippen molar-refractivity contribution in [3.63, 3.8) is 0 Å². The smallest absolute Gasteiger partial charge is 0.143 e. The van der Waals surface area contributed by atoms with Crippen LogP contribution in [0.2, 0.25) is 0 Å². The molecule has 1 atom stereocenters. The van der Waals surface area contributed by atoms with E-state index in [-0.39, 0.29) is 5.84 Å². The number of benzene rings is 1. The van der Waals surface area contributed by atoms with E-state index in [0.29, 0.717) is 12.3 Å². The molecule has 0 amide bonds. The summed E-state index contributed by atoms with van der Waals surface area (Å²) in [5.41, 5.74) is 6.44. The van der Waals surface area contributed by atoms with E-state index in [1.165, 1.54) is 12.8 Å². The minimum atomic E-state index is 0.209. The highest BCUT2D eigenvalue weighted by atomic mass is 16.5. The van der Waals surface area contributed by atoms with Gasteiger partial charge in [0.25, 0.3) is 0 Å². The molecule has 0 spiro atoms. The number of hydrogen-bond acceptors (Lipinski definition) is 3. The highest BCUT2D eigenvalue weighted by molar-refractivity contribution is 5.81. The molecule has 1 aromatic rings. The van der Waals surface area contributed by atoms with Crippen molar-refractivity contribution in [2.24, 2.45) is 16.8 Å². The molecule has 1 aromatic carbocycles. The van der Waals surface area contributed by atoms with Gasteiger partial charge in [0, 0.05) is 6.42 Å². The van der Waals surface area contributed by atoms with E-state index >= 15 is 0 Å². The summed E-state index contributed by atoms with van der Waals surface area (Å²) < 4.78 is 5.70. The van der Waals surface area contributed by atoms with Crippen molar-refractivity contribution in [1.82, 2.24) is 0 Å². The van der Waals surface area contributed by atoms with Crippen LogP contribution in [0.15, 0.2) is 29.4 Å². The molecule has 0 saturated carbocycles. The predicted octanol–water partition coefficient (Wildman–Crippen LogP) is 2.79. The fraction of sp³-hybridized carbons (Fsp3) is 0.500. The molecule has 0 saturated heterocycles. The molecule has 3 N–H and O–H groups in total. The van der Waals surface area contributed by atoms with Crippen LogP contribution < -0.4 is 10.5 Å². The molecule has 0 aliphatic carbocycles. The van der Waals surface area contributed by atoms with E-state index in [1.807, 2.05) is 24.3 Å². The lowest BCUT2D eigenvalue weighted by Crippen LogP contribution is -2.14. The van der Waals surface area contributed by atoms with Crippen molar-refractivity contribution in [1.29, 1.82) is 0 Å². The van der Waals surface area contributed by atoms with Gasteiger partial charge in [0.1, 0.15) is 11.6 Å². The SMILES string of the molecule is CCCC(C)COc1ccc(CC(N)=NO)cc1. The first-order valence-corrected chi connectivity index (χ1v) is 6.33. The maximum absolute atomic E-state index is 8.48. The minimum absolute atomic E-state index is 0.209. The average Bonchev–Trinajstić information content (AvgIpc) is 2.38. The van der Waals surface area contributed by atoms with Crippen LogP contribution in [0.25, 0.3) is 0 Å². The van der Waals surface area contributed by atoms with Gasteiger partial charge < -0.3 is 15.7 Å². The Kier molecular flexibility index (Phi) is 6.05. The van der Waals surface area contributed by atoms with Crippen LogP contribution in [0.4, 0.5) is 0 Å². The second-order valence-electron chi connectivity index (χ2n) is 4.62. The fourth-order valence-electron chi connectivity index (χ4n) is 1.76. The molecule has 1 rings (SSSR count). The summed E-state index contributed by atoms with van der Waals surface area (Å²) >= 11 is 0. The zero-order valence-corrected chi connectivity index (χ0v) is 11.1. The Hall–Kier alpha value is -1.71. The highest BCUT2D eigenvalue weighted by Gasteiger charge is 2.02. The van der Waals surface area contributed by atoms with Crippen LogP contribution in [0.3, 0.4) is 0 Å². The van der Waals surface area contributed by atoms with E-state index < -0.39 is 0 Å². The van der Waals surface area contributed by atoms with E-state index in [0.717, 1.165) is 17.9 Å². The summed E-state index contributed by atoms with van der Waals surface area (Å²) in [5.74, 6) is 1.65. The molecule has 18 heavy (non-hydrogen) atoms. The van der Waals surface area contributed by atoms with Crippen molar-refractivity contribution in [2.75, 3.05) is 6.61 Å². The number of oxime groups is 1. The summed E-state index contributed by atoms with van der Waals surface area (Å²) in [6.45, 7) is 5.11. The Bertz CT molecular complexity index is 374. The first kappa shape index (κ1) is 14.4. The molecule has 0 fully saturated rings. The molecule has 0 aromatic heterocycles. The van der Waals surface area contributed by atoms with E-state index in [9.17, 15) is 0 Å². The quantitative estimate of drug-likeness (QED) is 0.338.